The van der Waals surface area contributed by atoms with Crippen LogP contribution in [0.1, 0.15) is 44.6 Å². The Morgan fingerprint density at radius 2 is 1.96 bits per heavy atom. The number of benzene rings is 1. The van der Waals surface area contributed by atoms with E-state index >= 15 is 0 Å². The summed E-state index contributed by atoms with van der Waals surface area (Å²) < 4.78 is 5.67. The van der Waals surface area contributed by atoms with E-state index in [1.807, 2.05) is 31.2 Å². The lowest BCUT2D eigenvalue weighted by atomic mass is 9.83. The number of carbonyl (C=O) groups excluding carboxylic acids is 1. The van der Waals surface area contributed by atoms with E-state index in [0.717, 1.165) is 30.4 Å². The number of nitriles is 1. The van der Waals surface area contributed by atoms with Crippen LogP contribution in [0.3, 0.4) is 0 Å². The van der Waals surface area contributed by atoms with Crippen molar-refractivity contribution in [2.75, 3.05) is 0 Å². The molecular weight excluding hydrogens is 348 g/mol. The van der Waals surface area contributed by atoms with E-state index < -0.39 is 10.8 Å². The van der Waals surface area contributed by atoms with Crippen molar-refractivity contribution in [3.63, 3.8) is 0 Å². The molecule has 0 bridgehead atoms. The summed E-state index contributed by atoms with van der Waals surface area (Å²) in [4.78, 5) is 12.5. The minimum atomic E-state index is -0.730. The molecule has 1 heterocycles. The van der Waals surface area contributed by atoms with Gasteiger partial charge in [-0.15, -0.1) is 10.2 Å². The average molecular weight is 370 g/mol. The van der Waals surface area contributed by atoms with Crippen molar-refractivity contribution in [2.45, 2.75) is 62.0 Å². The molecule has 0 radical (unpaired) electrons. The van der Waals surface area contributed by atoms with Gasteiger partial charge in [0.2, 0.25) is 11.8 Å². The van der Waals surface area contributed by atoms with Crippen molar-refractivity contribution in [3.8, 4) is 17.5 Å². The van der Waals surface area contributed by atoms with Crippen LogP contribution in [0.2, 0.25) is 0 Å². The standard InChI is InChI=1S/C19H22N4O2S/c1-13-6-8-15(9-7-13)17-22-23-18(25-17)26-14(2)16(24)21-19(12-20)10-4-3-5-11-19/h6-9,14H,3-5,10-11H2,1-2H3,(H,21,24)/t14-/m1/s1. The van der Waals surface area contributed by atoms with E-state index in [2.05, 4.69) is 21.6 Å². The van der Waals surface area contributed by atoms with E-state index in [4.69, 9.17) is 4.42 Å². The van der Waals surface area contributed by atoms with Gasteiger partial charge in [0.1, 0.15) is 5.54 Å². The van der Waals surface area contributed by atoms with Gasteiger partial charge >= 0.3 is 0 Å². The quantitative estimate of drug-likeness (QED) is 0.803. The molecular formula is C19H22N4O2S. The smallest absolute Gasteiger partial charge is 0.277 e. The molecule has 0 spiro atoms. The van der Waals surface area contributed by atoms with Crippen LogP contribution in [0.5, 0.6) is 0 Å². The SMILES string of the molecule is Cc1ccc(-c2nnc(S[C@H](C)C(=O)NC3(C#N)CCCCC3)o2)cc1. The van der Waals surface area contributed by atoms with E-state index in [0.29, 0.717) is 24.0 Å². The molecule has 0 aliphatic heterocycles. The van der Waals surface area contributed by atoms with Gasteiger partial charge in [-0.3, -0.25) is 4.79 Å². The molecule has 6 nitrogen and oxygen atoms in total. The van der Waals surface area contributed by atoms with Gasteiger partial charge in [0, 0.05) is 5.56 Å². The third kappa shape index (κ3) is 4.25. The predicted molar refractivity (Wildman–Crippen MR) is 99.4 cm³/mol. The van der Waals surface area contributed by atoms with Crippen LogP contribution in [-0.2, 0) is 4.79 Å². The lowest BCUT2D eigenvalue weighted by molar-refractivity contribution is -0.122. The molecule has 1 fully saturated rings. The molecule has 1 N–H and O–H groups in total. The molecule has 1 aromatic heterocycles. The second-order valence-corrected chi connectivity index (χ2v) is 8.04. The first-order valence-corrected chi connectivity index (χ1v) is 9.70. The number of carbonyl (C=O) groups is 1. The fourth-order valence-electron chi connectivity index (χ4n) is 3.03. The monoisotopic (exact) mass is 370 g/mol. The van der Waals surface area contributed by atoms with E-state index in [1.54, 1.807) is 6.92 Å². The molecule has 1 aromatic carbocycles. The number of aromatic nitrogens is 2. The van der Waals surface area contributed by atoms with Crippen LogP contribution in [-0.4, -0.2) is 26.9 Å². The third-order valence-corrected chi connectivity index (χ3v) is 5.57. The molecule has 1 aliphatic carbocycles. The van der Waals surface area contributed by atoms with E-state index in [-0.39, 0.29) is 5.91 Å². The highest BCUT2D eigenvalue weighted by Crippen LogP contribution is 2.30. The summed E-state index contributed by atoms with van der Waals surface area (Å²) in [7, 11) is 0. The first kappa shape index (κ1) is 18.5. The minimum Gasteiger partial charge on any atom is -0.411 e. The molecule has 2 aromatic rings. The highest BCUT2D eigenvalue weighted by molar-refractivity contribution is 8.00. The highest BCUT2D eigenvalue weighted by atomic mass is 32.2. The Labute approximate surface area is 157 Å². The predicted octanol–water partition coefficient (Wildman–Crippen LogP) is 3.87. The number of rotatable bonds is 5. The number of hydrogen-bond donors (Lipinski definition) is 1. The summed E-state index contributed by atoms with van der Waals surface area (Å²) in [5.74, 6) is 0.259. The summed E-state index contributed by atoms with van der Waals surface area (Å²) in [5, 5.41) is 20.4. The maximum Gasteiger partial charge on any atom is 0.277 e. The number of nitrogens with one attached hydrogen (secondary N) is 1. The lowest BCUT2D eigenvalue weighted by Gasteiger charge is -2.32. The average Bonchev–Trinajstić information content (AvgIpc) is 3.11. The minimum absolute atomic E-state index is 0.173. The van der Waals surface area contributed by atoms with Gasteiger partial charge in [0.15, 0.2) is 0 Å². The zero-order valence-corrected chi connectivity index (χ0v) is 15.8. The molecule has 1 amide bonds. The first-order chi connectivity index (χ1) is 12.5. The van der Waals surface area contributed by atoms with Crippen molar-refractivity contribution in [1.29, 1.82) is 5.26 Å². The number of aryl methyl sites for hydroxylation is 1. The van der Waals surface area contributed by atoms with Gasteiger partial charge < -0.3 is 9.73 Å². The van der Waals surface area contributed by atoms with E-state index in [1.165, 1.54) is 11.8 Å². The molecule has 7 heteroatoms. The number of hydrogen-bond acceptors (Lipinski definition) is 6. The normalized spacial score (nSPS) is 17.3. The van der Waals surface area contributed by atoms with Crippen LogP contribution < -0.4 is 5.32 Å². The van der Waals surface area contributed by atoms with Gasteiger partial charge in [0.25, 0.3) is 5.22 Å². The summed E-state index contributed by atoms with van der Waals surface area (Å²) in [6.07, 6.45) is 4.49. The summed E-state index contributed by atoms with van der Waals surface area (Å²) in [6.45, 7) is 3.79. The van der Waals surface area contributed by atoms with Gasteiger partial charge in [0.05, 0.1) is 11.3 Å². The third-order valence-electron chi connectivity index (χ3n) is 4.64. The molecule has 0 unspecified atom stereocenters. The Bertz CT molecular complexity index is 804. The van der Waals surface area contributed by atoms with Crippen LogP contribution >= 0.6 is 11.8 Å². The topological polar surface area (TPSA) is 91.8 Å². The van der Waals surface area contributed by atoms with Crippen molar-refractivity contribution >= 4 is 17.7 Å². The Balaban J connectivity index is 1.62. The van der Waals surface area contributed by atoms with Crippen molar-refractivity contribution in [1.82, 2.24) is 15.5 Å². The Morgan fingerprint density at radius 3 is 2.62 bits per heavy atom. The number of nitrogens with zero attached hydrogens (tertiary/aromatic N) is 3. The van der Waals surface area contributed by atoms with E-state index in [9.17, 15) is 10.1 Å². The number of thioether (sulfide) groups is 1. The second-order valence-electron chi connectivity index (χ2n) is 6.74. The lowest BCUT2D eigenvalue weighted by Crippen LogP contribution is -2.50. The fraction of sp³-hybridized carbons (Fsp3) is 0.474. The fourth-order valence-corrected chi connectivity index (χ4v) is 3.72. The van der Waals surface area contributed by atoms with Gasteiger partial charge in [-0.05, 0) is 38.8 Å². The maximum atomic E-state index is 12.5. The van der Waals surface area contributed by atoms with Gasteiger partial charge in [-0.25, -0.2) is 0 Å². The van der Waals surface area contributed by atoms with Crippen molar-refractivity contribution in [3.05, 3.63) is 29.8 Å². The highest BCUT2D eigenvalue weighted by Gasteiger charge is 2.35. The van der Waals surface area contributed by atoms with Gasteiger partial charge in [-0.1, -0.05) is 48.7 Å². The van der Waals surface area contributed by atoms with Crippen molar-refractivity contribution in [2.24, 2.45) is 0 Å². The van der Waals surface area contributed by atoms with Gasteiger partial charge in [-0.2, -0.15) is 5.26 Å². The molecule has 1 saturated carbocycles. The Morgan fingerprint density at radius 1 is 1.27 bits per heavy atom. The Kier molecular flexibility index (Phi) is 5.62. The van der Waals surface area contributed by atoms with Crippen LogP contribution in [0.25, 0.3) is 11.5 Å². The van der Waals surface area contributed by atoms with Crippen molar-refractivity contribution < 1.29 is 9.21 Å². The number of amides is 1. The molecule has 0 saturated heterocycles. The molecule has 3 rings (SSSR count). The molecule has 1 atom stereocenters. The largest absolute Gasteiger partial charge is 0.411 e. The molecule has 1 aliphatic rings. The Hall–Kier alpha value is -2.33. The summed E-state index contributed by atoms with van der Waals surface area (Å²) in [6, 6.07) is 10.1. The summed E-state index contributed by atoms with van der Waals surface area (Å²) >= 11 is 1.21. The summed E-state index contributed by atoms with van der Waals surface area (Å²) in [5.41, 5.74) is 1.27. The zero-order valence-electron chi connectivity index (χ0n) is 15.0. The molecule has 26 heavy (non-hydrogen) atoms. The molecule has 136 valence electrons. The van der Waals surface area contributed by atoms with Crippen LogP contribution in [0.15, 0.2) is 33.9 Å². The van der Waals surface area contributed by atoms with Crippen LogP contribution in [0.4, 0.5) is 0 Å². The van der Waals surface area contributed by atoms with Crippen LogP contribution in [0, 0.1) is 18.3 Å². The first-order valence-electron chi connectivity index (χ1n) is 8.82. The maximum absolute atomic E-state index is 12.5. The zero-order chi connectivity index (χ0) is 18.6. The second kappa shape index (κ2) is 7.92.